The molecule has 2 amide bonds. The van der Waals surface area contributed by atoms with E-state index in [0.717, 1.165) is 25.2 Å². The van der Waals surface area contributed by atoms with E-state index in [4.69, 9.17) is 0 Å². The Morgan fingerprint density at radius 1 is 0.960 bits per heavy atom. The molecule has 4 nitrogen and oxygen atoms in total. The summed E-state index contributed by atoms with van der Waals surface area (Å²) in [7, 11) is 0. The molecular formula is C21H27N3O. The van der Waals surface area contributed by atoms with E-state index in [-0.39, 0.29) is 6.03 Å². The molecule has 0 atom stereocenters. The number of rotatable bonds is 5. The van der Waals surface area contributed by atoms with Crippen LogP contribution in [0.25, 0.3) is 0 Å². The van der Waals surface area contributed by atoms with E-state index in [2.05, 4.69) is 58.9 Å². The third-order valence-electron chi connectivity index (χ3n) is 4.67. The Hall–Kier alpha value is -2.49. The molecule has 0 bridgehead atoms. The molecule has 0 spiro atoms. The fraction of sp³-hybridized carbons (Fsp3) is 0.381. The smallest absolute Gasteiger partial charge is 0.319 e. The molecule has 0 aliphatic carbocycles. The van der Waals surface area contributed by atoms with Crippen molar-refractivity contribution in [1.82, 2.24) is 5.32 Å². The number of benzene rings is 2. The number of aryl methyl sites for hydroxylation is 1. The first kappa shape index (κ1) is 17.3. The van der Waals surface area contributed by atoms with Gasteiger partial charge in [0.15, 0.2) is 0 Å². The van der Waals surface area contributed by atoms with Crippen LogP contribution >= 0.6 is 0 Å². The van der Waals surface area contributed by atoms with Crippen molar-refractivity contribution in [3.05, 3.63) is 59.7 Å². The zero-order valence-electron chi connectivity index (χ0n) is 14.9. The predicted octanol–water partition coefficient (Wildman–Crippen LogP) is 4.35. The van der Waals surface area contributed by atoms with Crippen LogP contribution in [0.5, 0.6) is 0 Å². The second kappa shape index (κ2) is 8.56. The summed E-state index contributed by atoms with van der Waals surface area (Å²) >= 11 is 0. The van der Waals surface area contributed by atoms with Crippen LogP contribution in [-0.2, 0) is 6.42 Å². The highest BCUT2D eigenvalue weighted by Gasteiger charge is 2.10. The lowest BCUT2D eigenvalue weighted by Gasteiger charge is -2.28. The van der Waals surface area contributed by atoms with Gasteiger partial charge in [0, 0.05) is 31.0 Å². The van der Waals surface area contributed by atoms with Gasteiger partial charge in [0.1, 0.15) is 0 Å². The summed E-state index contributed by atoms with van der Waals surface area (Å²) in [4.78, 5) is 14.4. The molecule has 1 aliphatic heterocycles. The van der Waals surface area contributed by atoms with Gasteiger partial charge in [-0.05, 0) is 62.4 Å². The Bertz CT molecular complexity index is 673. The summed E-state index contributed by atoms with van der Waals surface area (Å²) in [6.45, 7) is 4.96. The van der Waals surface area contributed by atoms with Crippen molar-refractivity contribution >= 4 is 17.4 Å². The van der Waals surface area contributed by atoms with Crippen molar-refractivity contribution in [1.29, 1.82) is 0 Å². The number of nitrogens with zero attached hydrogens (tertiary/aromatic N) is 1. The van der Waals surface area contributed by atoms with Crippen LogP contribution in [0.1, 0.15) is 30.4 Å². The summed E-state index contributed by atoms with van der Waals surface area (Å²) in [6.07, 6.45) is 4.70. The molecule has 1 heterocycles. The number of hydrogen-bond acceptors (Lipinski definition) is 2. The SMILES string of the molecule is Cc1ccc(CCNC(=O)Nc2ccc(N3CCCCC3)cc2)cc1. The zero-order valence-corrected chi connectivity index (χ0v) is 14.9. The van der Waals surface area contributed by atoms with E-state index >= 15 is 0 Å². The topological polar surface area (TPSA) is 44.4 Å². The lowest BCUT2D eigenvalue weighted by atomic mass is 10.1. The Balaban J connectivity index is 1.43. The standard InChI is InChI=1S/C21H27N3O/c1-17-5-7-18(8-6-17)13-14-22-21(25)23-19-9-11-20(12-10-19)24-15-3-2-4-16-24/h5-12H,2-4,13-16H2,1H3,(H2,22,23,25). The summed E-state index contributed by atoms with van der Waals surface area (Å²) in [6, 6.07) is 16.4. The number of piperidine rings is 1. The second-order valence-corrected chi connectivity index (χ2v) is 6.71. The number of nitrogens with one attached hydrogen (secondary N) is 2. The van der Waals surface area contributed by atoms with Crippen molar-refractivity contribution in [2.75, 3.05) is 29.9 Å². The fourth-order valence-electron chi connectivity index (χ4n) is 3.16. The van der Waals surface area contributed by atoms with Gasteiger partial charge < -0.3 is 15.5 Å². The fourth-order valence-corrected chi connectivity index (χ4v) is 3.16. The first-order valence-corrected chi connectivity index (χ1v) is 9.16. The van der Waals surface area contributed by atoms with Crippen LogP contribution in [-0.4, -0.2) is 25.7 Å². The van der Waals surface area contributed by atoms with E-state index in [1.165, 1.54) is 36.1 Å². The highest BCUT2D eigenvalue weighted by atomic mass is 16.2. The van der Waals surface area contributed by atoms with Crippen LogP contribution in [0, 0.1) is 6.92 Å². The monoisotopic (exact) mass is 337 g/mol. The van der Waals surface area contributed by atoms with Gasteiger partial charge in [-0.25, -0.2) is 4.79 Å². The molecule has 132 valence electrons. The van der Waals surface area contributed by atoms with Crippen molar-refractivity contribution in [3.8, 4) is 0 Å². The van der Waals surface area contributed by atoms with E-state index in [1.54, 1.807) is 0 Å². The van der Waals surface area contributed by atoms with Crippen molar-refractivity contribution in [2.24, 2.45) is 0 Å². The van der Waals surface area contributed by atoms with E-state index in [9.17, 15) is 4.79 Å². The summed E-state index contributed by atoms with van der Waals surface area (Å²) < 4.78 is 0. The van der Waals surface area contributed by atoms with E-state index < -0.39 is 0 Å². The Morgan fingerprint density at radius 2 is 1.64 bits per heavy atom. The van der Waals surface area contributed by atoms with E-state index in [0.29, 0.717) is 6.54 Å². The average Bonchev–Trinajstić information content (AvgIpc) is 2.65. The third-order valence-corrected chi connectivity index (χ3v) is 4.67. The molecule has 2 aromatic carbocycles. The zero-order chi connectivity index (χ0) is 17.5. The predicted molar refractivity (Wildman–Crippen MR) is 104 cm³/mol. The maximum atomic E-state index is 12.0. The van der Waals surface area contributed by atoms with Gasteiger partial charge in [0.2, 0.25) is 0 Å². The van der Waals surface area contributed by atoms with Crippen molar-refractivity contribution in [3.63, 3.8) is 0 Å². The molecule has 0 unspecified atom stereocenters. The number of carbonyl (C=O) groups is 1. The Morgan fingerprint density at radius 3 is 2.32 bits per heavy atom. The average molecular weight is 337 g/mol. The van der Waals surface area contributed by atoms with E-state index in [1.807, 2.05) is 12.1 Å². The molecule has 1 aliphatic rings. The molecule has 0 saturated carbocycles. The van der Waals surface area contributed by atoms with Crippen LogP contribution in [0.3, 0.4) is 0 Å². The number of amides is 2. The molecule has 0 radical (unpaired) electrons. The van der Waals surface area contributed by atoms with Gasteiger partial charge in [0.25, 0.3) is 0 Å². The number of urea groups is 1. The molecule has 4 heteroatoms. The molecule has 25 heavy (non-hydrogen) atoms. The minimum atomic E-state index is -0.155. The van der Waals surface area contributed by atoms with Gasteiger partial charge in [0.05, 0.1) is 0 Å². The van der Waals surface area contributed by atoms with Gasteiger partial charge in [-0.1, -0.05) is 29.8 Å². The lowest BCUT2D eigenvalue weighted by molar-refractivity contribution is 0.252. The maximum Gasteiger partial charge on any atom is 0.319 e. The van der Waals surface area contributed by atoms with Crippen molar-refractivity contribution < 1.29 is 4.79 Å². The lowest BCUT2D eigenvalue weighted by Crippen LogP contribution is -2.30. The van der Waals surface area contributed by atoms with Crippen LogP contribution < -0.4 is 15.5 Å². The summed E-state index contributed by atoms with van der Waals surface area (Å²) in [5.74, 6) is 0. The van der Waals surface area contributed by atoms with Crippen molar-refractivity contribution in [2.45, 2.75) is 32.6 Å². The third kappa shape index (κ3) is 5.24. The van der Waals surface area contributed by atoms with Crippen LogP contribution in [0.4, 0.5) is 16.2 Å². The number of carbonyl (C=O) groups excluding carboxylic acids is 1. The summed E-state index contributed by atoms with van der Waals surface area (Å²) in [5.41, 5.74) is 4.55. The minimum Gasteiger partial charge on any atom is -0.372 e. The molecule has 1 fully saturated rings. The summed E-state index contributed by atoms with van der Waals surface area (Å²) in [5, 5.41) is 5.81. The van der Waals surface area contributed by atoms with Gasteiger partial charge in [-0.3, -0.25) is 0 Å². The van der Waals surface area contributed by atoms with Crippen LogP contribution in [0.2, 0.25) is 0 Å². The molecule has 2 aromatic rings. The quantitative estimate of drug-likeness (QED) is 0.852. The van der Waals surface area contributed by atoms with Gasteiger partial charge in [-0.15, -0.1) is 0 Å². The molecule has 0 aromatic heterocycles. The first-order valence-electron chi connectivity index (χ1n) is 9.16. The number of anilines is 2. The molecule has 2 N–H and O–H groups in total. The van der Waals surface area contributed by atoms with Crippen LogP contribution in [0.15, 0.2) is 48.5 Å². The highest BCUT2D eigenvalue weighted by molar-refractivity contribution is 5.89. The maximum absolute atomic E-state index is 12.0. The molecular weight excluding hydrogens is 310 g/mol. The Kier molecular flexibility index (Phi) is 5.94. The number of hydrogen-bond donors (Lipinski definition) is 2. The first-order chi connectivity index (χ1) is 12.2. The minimum absolute atomic E-state index is 0.155. The van der Waals surface area contributed by atoms with Gasteiger partial charge in [-0.2, -0.15) is 0 Å². The highest BCUT2D eigenvalue weighted by Crippen LogP contribution is 2.21. The Labute approximate surface area is 150 Å². The second-order valence-electron chi connectivity index (χ2n) is 6.71. The van der Waals surface area contributed by atoms with Gasteiger partial charge >= 0.3 is 6.03 Å². The largest absolute Gasteiger partial charge is 0.372 e. The molecule has 1 saturated heterocycles. The normalized spacial score (nSPS) is 14.2. The molecule has 3 rings (SSSR count).